The fourth-order valence-corrected chi connectivity index (χ4v) is 5.90. The molecule has 0 saturated carbocycles. The molecule has 0 radical (unpaired) electrons. The van der Waals surface area contributed by atoms with Crippen molar-refractivity contribution in [3.63, 3.8) is 0 Å². The maximum Gasteiger partial charge on any atom is 0.285 e. The number of aryl methyl sites for hydroxylation is 1. The number of carbonyl (C=O) groups excluding carboxylic acids is 1. The molecule has 0 atom stereocenters. The maximum atomic E-state index is 12.8. The first-order chi connectivity index (χ1) is 15.8. The van der Waals surface area contributed by atoms with Gasteiger partial charge in [-0.1, -0.05) is 24.3 Å². The number of rotatable bonds is 5. The molecule has 2 aromatic rings. The van der Waals surface area contributed by atoms with Crippen LogP contribution in [0.3, 0.4) is 0 Å². The molecule has 2 aliphatic rings. The number of sulfonamides is 1. The predicted molar refractivity (Wildman–Crippen MR) is 129 cm³/mol. The molecule has 0 bridgehead atoms. The number of amides is 1. The van der Waals surface area contributed by atoms with E-state index < -0.39 is 10.0 Å². The smallest absolute Gasteiger partial charge is 0.285 e. The summed E-state index contributed by atoms with van der Waals surface area (Å²) >= 11 is 0. The molecule has 0 spiro atoms. The lowest BCUT2D eigenvalue weighted by Gasteiger charge is -2.32. The lowest BCUT2D eigenvalue weighted by Crippen LogP contribution is -2.43. The highest BCUT2D eigenvalue weighted by molar-refractivity contribution is 8.00. The van der Waals surface area contributed by atoms with Gasteiger partial charge in [-0.05, 0) is 67.6 Å². The third-order valence-corrected chi connectivity index (χ3v) is 7.84. The van der Waals surface area contributed by atoms with Crippen LogP contribution in [0.4, 0.5) is 0 Å². The number of ether oxygens (including phenoxy) is 1. The molecule has 0 aromatic heterocycles. The Morgan fingerprint density at radius 1 is 1.09 bits per heavy atom. The average molecular weight is 468 g/mol. The van der Waals surface area contributed by atoms with Crippen LogP contribution in [-0.4, -0.2) is 45.3 Å². The van der Waals surface area contributed by atoms with Crippen molar-refractivity contribution in [3.05, 3.63) is 70.8 Å². The maximum absolute atomic E-state index is 12.8. The molecule has 1 fully saturated rings. The number of carbonyl (C=O) groups is 1. The fraction of sp³-hybridized carbons (Fsp3) is 0.360. The predicted octanol–water partition coefficient (Wildman–Crippen LogP) is 3.50. The van der Waals surface area contributed by atoms with Crippen LogP contribution in [0.25, 0.3) is 4.91 Å². The zero-order valence-electron chi connectivity index (χ0n) is 19.2. The van der Waals surface area contributed by atoms with E-state index in [-0.39, 0.29) is 16.7 Å². The summed E-state index contributed by atoms with van der Waals surface area (Å²) in [4.78, 5) is 14.9. The minimum atomic E-state index is -3.77. The van der Waals surface area contributed by atoms with Crippen LogP contribution in [0.5, 0.6) is 5.75 Å². The second kappa shape index (κ2) is 9.39. The molecule has 0 aliphatic carbocycles. The van der Waals surface area contributed by atoms with Crippen molar-refractivity contribution in [1.29, 1.82) is 0 Å². The largest absolute Gasteiger partial charge is 0.497 e. The quantitative estimate of drug-likeness (QED) is 0.727. The fourth-order valence-electron chi connectivity index (χ4n) is 4.41. The number of amidine groups is 1. The summed E-state index contributed by atoms with van der Waals surface area (Å²) in [6.45, 7) is 5.52. The van der Waals surface area contributed by atoms with Crippen LogP contribution in [0.2, 0.25) is 0 Å². The van der Waals surface area contributed by atoms with Crippen molar-refractivity contribution >= 4 is 26.7 Å². The van der Waals surface area contributed by atoms with E-state index in [9.17, 15) is 13.2 Å². The Morgan fingerprint density at radius 2 is 1.76 bits per heavy atom. The number of nitrogens with one attached hydrogen (secondary N) is 1. The Bertz CT molecular complexity index is 1210. The van der Waals surface area contributed by atoms with Crippen molar-refractivity contribution in [1.82, 2.24) is 10.2 Å². The van der Waals surface area contributed by atoms with Crippen LogP contribution >= 0.6 is 0 Å². The summed E-state index contributed by atoms with van der Waals surface area (Å²) in [5, 5.41) is 3.05. The van der Waals surface area contributed by atoms with E-state index in [0.29, 0.717) is 55.2 Å². The summed E-state index contributed by atoms with van der Waals surface area (Å²) in [5.74, 6) is 1.11. The average Bonchev–Trinajstić information content (AvgIpc) is 3.07. The Morgan fingerprint density at radius 3 is 2.39 bits per heavy atom. The summed E-state index contributed by atoms with van der Waals surface area (Å²) in [6, 6.07) is 15.0. The third-order valence-electron chi connectivity index (χ3n) is 6.37. The Kier molecular flexibility index (Phi) is 6.56. The molecule has 1 amide bonds. The van der Waals surface area contributed by atoms with Crippen molar-refractivity contribution in [2.75, 3.05) is 20.2 Å². The molecule has 33 heavy (non-hydrogen) atoms. The number of hydrogen-bond acceptors (Lipinski definition) is 5. The highest BCUT2D eigenvalue weighted by atomic mass is 32.2. The van der Waals surface area contributed by atoms with E-state index in [1.807, 2.05) is 36.1 Å². The number of likely N-dealkylation sites (tertiary alicyclic amines) is 1. The van der Waals surface area contributed by atoms with Gasteiger partial charge in [-0.25, -0.2) is 0 Å². The van der Waals surface area contributed by atoms with Gasteiger partial charge in [0.05, 0.1) is 7.11 Å². The number of benzene rings is 2. The van der Waals surface area contributed by atoms with E-state index in [0.717, 1.165) is 11.1 Å². The molecule has 1 saturated heterocycles. The van der Waals surface area contributed by atoms with E-state index in [1.54, 1.807) is 38.3 Å². The van der Waals surface area contributed by atoms with Gasteiger partial charge in [0.2, 0.25) is 5.91 Å². The highest BCUT2D eigenvalue weighted by Gasteiger charge is 2.35. The topological polar surface area (TPSA) is 88.1 Å². The number of methoxy groups -OCH3 is 1. The molecule has 0 unspecified atom stereocenters. The van der Waals surface area contributed by atoms with Gasteiger partial charge in [0.1, 0.15) is 16.5 Å². The van der Waals surface area contributed by atoms with Crippen molar-refractivity contribution in [3.8, 4) is 5.75 Å². The minimum absolute atomic E-state index is 0.0464. The van der Waals surface area contributed by atoms with Gasteiger partial charge in [-0.3, -0.25) is 4.79 Å². The third kappa shape index (κ3) is 4.80. The van der Waals surface area contributed by atoms with E-state index in [1.165, 1.54) is 0 Å². The molecule has 174 valence electrons. The lowest BCUT2D eigenvalue weighted by atomic mass is 9.95. The summed E-state index contributed by atoms with van der Waals surface area (Å²) in [6.07, 6.45) is 1.31. The zero-order valence-corrected chi connectivity index (χ0v) is 20.0. The molecular weight excluding hydrogens is 438 g/mol. The van der Waals surface area contributed by atoms with Gasteiger partial charge in [-0.2, -0.15) is 8.42 Å². The highest BCUT2D eigenvalue weighted by Crippen LogP contribution is 2.35. The van der Waals surface area contributed by atoms with Crippen molar-refractivity contribution < 1.29 is 17.9 Å². The van der Waals surface area contributed by atoms with Gasteiger partial charge in [0.25, 0.3) is 10.0 Å². The van der Waals surface area contributed by atoms with Gasteiger partial charge in [0.15, 0.2) is 0 Å². The molecule has 8 heteroatoms. The summed E-state index contributed by atoms with van der Waals surface area (Å²) in [5.41, 5.74) is 3.50. The Hall–Kier alpha value is -3.13. The monoisotopic (exact) mass is 467 g/mol. The SMILES string of the molecule is COc1ccc(C2=C(C)C(N3CCC(C(=O)NCc4ccccc4C)CC3)=NS2(=O)=O)cc1. The molecule has 2 aromatic carbocycles. The van der Waals surface area contributed by atoms with Crippen LogP contribution in [0.1, 0.15) is 36.5 Å². The zero-order chi connectivity index (χ0) is 23.6. The normalized spacial score (nSPS) is 18.3. The van der Waals surface area contributed by atoms with E-state index >= 15 is 0 Å². The van der Waals surface area contributed by atoms with Gasteiger partial charge < -0.3 is 15.0 Å². The van der Waals surface area contributed by atoms with Crippen molar-refractivity contribution in [2.24, 2.45) is 10.3 Å². The van der Waals surface area contributed by atoms with Crippen LogP contribution in [0, 0.1) is 12.8 Å². The molecule has 1 N–H and O–H groups in total. The molecule has 2 aliphatic heterocycles. The Labute approximate surface area is 195 Å². The van der Waals surface area contributed by atoms with Gasteiger partial charge >= 0.3 is 0 Å². The lowest BCUT2D eigenvalue weighted by molar-refractivity contribution is -0.126. The van der Waals surface area contributed by atoms with E-state index in [4.69, 9.17) is 4.74 Å². The number of nitrogens with zero attached hydrogens (tertiary/aromatic N) is 2. The number of hydrogen-bond donors (Lipinski definition) is 1. The second-order valence-electron chi connectivity index (χ2n) is 8.48. The van der Waals surface area contributed by atoms with Gasteiger partial charge in [0, 0.05) is 31.1 Å². The summed E-state index contributed by atoms with van der Waals surface area (Å²) < 4.78 is 34.9. The first-order valence-corrected chi connectivity index (χ1v) is 12.5. The van der Waals surface area contributed by atoms with Crippen molar-refractivity contribution in [2.45, 2.75) is 33.2 Å². The molecule has 2 heterocycles. The molecular formula is C25H29N3O4S. The second-order valence-corrected chi connectivity index (χ2v) is 10.0. The minimum Gasteiger partial charge on any atom is -0.497 e. The van der Waals surface area contributed by atoms with Crippen LogP contribution in [-0.2, 0) is 21.4 Å². The first-order valence-electron chi connectivity index (χ1n) is 11.1. The standard InChI is InChI=1S/C25H29N3O4S/c1-17-6-4-5-7-21(17)16-26-25(29)20-12-14-28(15-13-20)24-18(2)23(33(30,31)27-24)19-8-10-22(32-3)11-9-19/h4-11,20H,12-16H2,1-3H3,(H,26,29). The van der Waals surface area contributed by atoms with E-state index in [2.05, 4.69) is 9.71 Å². The van der Waals surface area contributed by atoms with Gasteiger partial charge in [-0.15, -0.1) is 4.40 Å². The number of piperidine rings is 1. The summed E-state index contributed by atoms with van der Waals surface area (Å²) in [7, 11) is -2.21. The van der Waals surface area contributed by atoms with Crippen LogP contribution in [0.15, 0.2) is 58.5 Å². The molecule has 4 rings (SSSR count). The Balaban J connectivity index is 1.41. The molecule has 7 nitrogen and oxygen atoms in total. The first kappa shape index (κ1) is 23.0. The van der Waals surface area contributed by atoms with Crippen LogP contribution < -0.4 is 10.1 Å².